The third-order valence-corrected chi connectivity index (χ3v) is 9.67. The predicted octanol–water partition coefficient (Wildman–Crippen LogP) is 3.34. The van der Waals surface area contributed by atoms with Gasteiger partial charge in [0.05, 0.1) is 11.4 Å². The molecule has 3 N–H and O–H groups in total. The van der Waals surface area contributed by atoms with Gasteiger partial charge in [0.15, 0.2) is 25.5 Å². The molecule has 0 unspecified atom stereocenters. The van der Waals surface area contributed by atoms with Gasteiger partial charge in [-0.1, -0.05) is 49.0 Å². The Morgan fingerprint density at radius 1 is 0.902 bits per heavy atom. The summed E-state index contributed by atoms with van der Waals surface area (Å²) in [4.78, 5) is 12.9. The van der Waals surface area contributed by atoms with Crippen LogP contribution in [-0.4, -0.2) is 31.9 Å². The molecule has 5 rings (SSSR count). The normalized spacial score (nSPS) is 19.9. The number of aromatic nitrogens is 2. The minimum atomic E-state index is -3.70. The monoisotopic (exact) mass is 578 g/mol. The number of hydrogen-bond acceptors (Lipinski definition) is 3. The SMILES string of the molecule is CC(C)(CCC(C)(C)C[N+]12Cc3cccc[n+]3C1[n+]1ccccc1C2)CC(=O)NCCc1ccc(S(N)(=O)=O)cc1. The molecule has 0 atom stereocenters. The molecule has 0 saturated heterocycles. The van der Waals surface area contributed by atoms with Crippen LogP contribution in [0.1, 0.15) is 70.2 Å². The lowest BCUT2D eigenvalue weighted by molar-refractivity contribution is -1.16. The first-order valence-corrected chi connectivity index (χ1v) is 16.0. The maximum atomic E-state index is 12.8. The molecule has 0 aliphatic carbocycles. The summed E-state index contributed by atoms with van der Waals surface area (Å²) in [7, 11) is -3.70. The fourth-order valence-electron chi connectivity index (χ4n) is 6.81. The molecule has 218 valence electrons. The van der Waals surface area contributed by atoms with E-state index in [-0.39, 0.29) is 27.9 Å². The highest BCUT2D eigenvalue weighted by Crippen LogP contribution is 2.41. The summed E-state index contributed by atoms with van der Waals surface area (Å²) < 4.78 is 28.8. The summed E-state index contributed by atoms with van der Waals surface area (Å²) in [5.74, 6) is 0.0497. The van der Waals surface area contributed by atoms with Crippen LogP contribution in [-0.2, 0) is 34.3 Å². The first kappa shape index (κ1) is 29.4. The maximum absolute atomic E-state index is 12.8. The zero-order valence-electron chi connectivity index (χ0n) is 24.7. The molecule has 0 spiro atoms. The van der Waals surface area contributed by atoms with E-state index in [0.29, 0.717) is 19.4 Å². The van der Waals surface area contributed by atoms with Crippen LogP contribution in [0.25, 0.3) is 0 Å². The summed E-state index contributed by atoms with van der Waals surface area (Å²) in [5.41, 5.74) is 3.69. The Morgan fingerprint density at radius 2 is 1.46 bits per heavy atom. The molecule has 0 bridgehead atoms. The summed E-state index contributed by atoms with van der Waals surface area (Å²) in [6.07, 6.45) is 7.81. The predicted molar refractivity (Wildman–Crippen MR) is 156 cm³/mol. The van der Waals surface area contributed by atoms with E-state index >= 15 is 0 Å². The van der Waals surface area contributed by atoms with Gasteiger partial charge in [-0.05, 0) is 54.5 Å². The highest BCUT2D eigenvalue weighted by Gasteiger charge is 2.65. The van der Waals surface area contributed by atoms with Crippen molar-refractivity contribution in [2.24, 2.45) is 16.0 Å². The second-order valence-electron chi connectivity index (χ2n) is 13.5. The number of nitrogens with zero attached hydrogens (tertiary/aromatic N) is 3. The van der Waals surface area contributed by atoms with E-state index in [0.717, 1.165) is 42.5 Å². The number of carbonyl (C=O) groups is 1. The van der Waals surface area contributed by atoms with Crippen molar-refractivity contribution < 1.29 is 26.8 Å². The third-order valence-electron chi connectivity index (χ3n) is 8.75. The van der Waals surface area contributed by atoms with Gasteiger partial charge in [-0.2, -0.15) is 4.48 Å². The minimum Gasteiger partial charge on any atom is -0.356 e. The highest BCUT2D eigenvalue weighted by atomic mass is 32.2. The average Bonchev–Trinajstić information content (AvgIpc) is 3.36. The molecule has 0 radical (unpaired) electrons. The zero-order valence-corrected chi connectivity index (χ0v) is 25.5. The van der Waals surface area contributed by atoms with Crippen molar-refractivity contribution in [2.75, 3.05) is 13.1 Å². The number of primary sulfonamides is 1. The first-order valence-electron chi connectivity index (χ1n) is 14.5. The number of fused-ring (bicyclic) bond motifs is 5. The van der Waals surface area contributed by atoms with Gasteiger partial charge in [-0.3, -0.25) is 4.79 Å². The van der Waals surface area contributed by atoms with Crippen molar-refractivity contribution in [2.45, 2.75) is 77.7 Å². The summed E-state index contributed by atoms with van der Waals surface area (Å²) in [5, 5.41) is 8.22. The van der Waals surface area contributed by atoms with Gasteiger partial charge in [-0.15, -0.1) is 0 Å². The summed E-state index contributed by atoms with van der Waals surface area (Å²) >= 11 is 0. The highest BCUT2D eigenvalue weighted by molar-refractivity contribution is 7.89. The van der Waals surface area contributed by atoms with E-state index in [1.165, 1.54) is 23.5 Å². The van der Waals surface area contributed by atoms with E-state index in [9.17, 15) is 13.2 Å². The molecule has 8 nitrogen and oxygen atoms in total. The lowest BCUT2D eigenvalue weighted by atomic mass is 9.76. The molecule has 4 heterocycles. The molecular weight excluding hydrogens is 534 g/mol. The Bertz CT molecular complexity index is 1480. The van der Waals surface area contributed by atoms with E-state index in [4.69, 9.17) is 5.14 Å². The molecule has 3 aromatic rings. The smallest absolute Gasteiger partial charge is 0.356 e. The molecule has 41 heavy (non-hydrogen) atoms. The van der Waals surface area contributed by atoms with Crippen LogP contribution >= 0.6 is 0 Å². The first-order chi connectivity index (χ1) is 19.3. The van der Waals surface area contributed by atoms with Gasteiger partial charge >= 0.3 is 6.29 Å². The van der Waals surface area contributed by atoms with Crippen molar-refractivity contribution >= 4 is 15.9 Å². The molecule has 2 aliphatic rings. The lowest BCUT2D eigenvalue weighted by Crippen LogP contribution is -2.63. The van der Waals surface area contributed by atoms with Crippen LogP contribution in [0.4, 0.5) is 0 Å². The Kier molecular flexibility index (Phi) is 7.82. The largest absolute Gasteiger partial charge is 0.484 e. The van der Waals surface area contributed by atoms with Crippen LogP contribution in [0.5, 0.6) is 0 Å². The van der Waals surface area contributed by atoms with Gasteiger partial charge in [0.1, 0.15) is 0 Å². The fourth-order valence-corrected chi connectivity index (χ4v) is 7.32. The molecule has 0 saturated carbocycles. The van der Waals surface area contributed by atoms with Gasteiger partial charge in [0, 0.05) is 42.6 Å². The Balaban J connectivity index is 1.16. The summed E-state index contributed by atoms with van der Waals surface area (Å²) in [6, 6.07) is 19.6. The molecule has 9 heteroatoms. The van der Waals surface area contributed by atoms with E-state index in [1.807, 2.05) is 0 Å². The van der Waals surface area contributed by atoms with Crippen LogP contribution in [0.2, 0.25) is 0 Å². The number of nitrogens with two attached hydrogens (primary N) is 1. The quantitative estimate of drug-likeness (QED) is 0.270. The minimum absolute atomic E-state index is 0.0497. The van der Waals surface area contributed by atoms with Gasteiger partial charge in [-0.25, -0.2) is 13.6 Å². The van der Waals surface area contributed by atoms with Crippen molar-refractivity contribution in [3.05, 3.63) is 90.0 Å². The van der Waals surface area contributed by atoms with Crippen LogP contribution in [0, 0.1) is 10.8 Å². The van der Waals surface area contributed by atoms with Gasteiger partial charge < -0.3 is 5.32 Å². The number of rotatable bonds is 11. The number of carbonyl (C=O) groups excluding carboxylic acids is 1. The lowest BCUT2D eigenvalue weighted by Gasteiger charge is -2.36. The second kappa shape index (κ2) is 10.9. The topological polar surface area (TPSA) is 97.0 Å². The summed E-state index contributed by atoms with van der Waals surface area (Å²) in [6.45, 7) is 12.8. The number of hydrogen-bond donors (Lipinski definition) is 2. The Morgan fingerprint density at radius 3 is 2.02 bits per heavy atom. The van der Waals surface area contributed by atoms with Crippen molar-refractivity contribution in [1.82, 2.24) is 5.32 Å². The Hall–Kier alpha value is -3.14. The molecule has 2 aliphatic heterocycles. The second-order valence-corrected chi connectivity index (χ2v) is 15.1. The van der Waals surface area contributed by atoms with Crippen LogP contribution in [0.3, 0.4) is 0 Å². The van der Waals surface area contributed by atoms with E-state index in [2.05, 4.69) is 90.9 Å². The van der Waals surface area contributed by atoms with Crippen LogP contribution in [0.15, 0.2) is 78.0 Å². The van der Waals surface area contributed by atoms with Crippen molar-refractivity contribution in [3.63, 3.8) is 0 Å². The maximum Gasteiger partial charge on any atom is 0.484 e. The zero-order chi connectivity index (χ0) is 29.5. The standard InChI is InChI=1S/C32H43N5O3S/c1-31(2,21-29(38)34-18-15-25-11-13-28(14-12-25)41(33,39)40)16-17-32(3,4)24-37-22-26-9-5-7-19-35(26)30(37)36-20-8-6-10-27(36)23-37/h5-14,19-20,30H,15-18,21-24H2,1-4H3,(H2-,33,34,38,39,40)/q+2/p+1. The van der Waals surface area contributed by atoms with Crippen LogP contribution < -0.4 is 19.6 Å². The number of nitrogens with one attached hydrogen (secondary N) is 1. The van der Waals surface area contributed by atoms with Gasteiger partial charge in [0.25, 0.3) is 0 Å². The Labute approximate surface area is 244 Å². The number of pyridine rings is 2. The molecule has 1 amide bonds. The van der Waals surface area contributed by atoms with E-state index < -0.39 is 10.0 Å². The average molecular weight is 579 g/mol. The molecular formula is C32H44N5O3S+3. The number of sulfonamides is 1. The molecule has 0 fully saturated rings. The van der Waals surface area contributed by atoms with E-state index in [1.54, 1.807) is 12.1 Å². The van der Waals surface area contributed by atoms with Crippen molar-refractivity contribution in [3.8, 4) is 0 Å². The number of benzene rings is 1. The molecule has 2 aromatic heterocycles. The fraction of sp³-hybridized carbons (Fsp3) is 0.469. The third kappa shape index (κ3) is 6.52. The van der Waals surface area contributed by atoms with Gasteiger partial charge in [0.2, 0.25) is 27.3 Å². The van der Waals surface area contributed by atoms with Crippen molar-refractivity contribution in [1.29, 1.82) is 0 Å². The number of quaternary nitrogens is 1. The molecule has 1 aromatic carbocycles. The number of amides is 1.